The van der Waals surface area contributed by atoms with Gasteiger partial charge in [0.2, 0.25) is 0 Å². The molecule has 6 nitrogen and oxygen atoms in total. The number of benzene rings is 1. The summed E-state index contributed by atoms with van der Waals surface area (Å²) in [4.78, 5) is 25.0. The largest absolute Gasteiger partial charge is 0.341 e. The van der Waals surface area contributed by atoms with Crippen molar-refractivity contribution in [3.05, 3.63) is 126 Å². The normalized spacial score (nSPS) is 11.7. The van der Waals surface area contributed by atoms with Gasteiger partial charge in [-0.25, -0.2) is 4.79 Å². The Bertz CT molecular complexity index is 1080. The van der Waals surface area contributed by atoms with Crippen molar-refractivity contribution < 1.29 is 4.79 Å². The Morgan fingerprint density at radius 1 is 0.781 bits per heavy atom. The van der Waals surface area contributed by atoms with Crippen LogP contribution in [0.4, 0.5) is 4.79 Å². The molecule has 6 heteroatoms. The first-order chi connectivity index (χ1) is 15.8. The Morgan fingerprint density at radius 3 is 2.00 bits per heavy atom. The molecule has 0 aliphatic rings. The number of nitrogens with one attached hydrogen (secondary N) is 2. The van der Waals surface area contributed by atoms with E-state index in [9.17, 15) is 4.79 Å². The first-order valence-corrected chi connectivity index (χ1v) is 10.5. The molecule has 2 N–H and O–H groups in total. The Morgan fingerprint density at radius 2 is 1.47 bits per heavy atom. The number of hydrogen-bond acceptors (Lipinski definition) is 4. The van der Waals surface area contributed by atoms with E-state index in [0.29, 0.717) is 6.54 Å². The summed E-state index contributed by atoms with van der Waals surface area (Å²) < 4.78 is 0. The van der Waals surface area contributed by atoms with Crippen molar-refractivity contribution in [1.82, 2.24) is 25.6 Å². The van der Waals surface area contributed by atoms with E-state index in [2.05, 4.69) is 50.9 Å². The van der Waals surface area contributed by atoms with Crippen LogP contribution in [0.3, 0.4) is 0 Å². The fraction of sp³-hybridized carbons (Fsp3) is 0.154. The number of urea groups is 1. The van der Waals surface area contributed by atoms with Gasteiger partial charge >= 0.3 is 6.03 Å². The third-order valence-electron chi connectivity index (χ3n) is 5.45. The maximum Gasteiger partial charge on any atom is 0.314 e. The SMILES string of the molecule is CNC(=O)NCc1ccc(C(c2ccccn2)C(c2cccnc2)c2cccnc2)cc1. The summed E-state index contributed by atoms with van der Waals surface area (Å²) in [7, 11) is 1.60. The first kappa shape index (κ1) is 21.2. The Balaban J connectivity index is 1.77. The molecule has 0 fully saturated rings. The molecule has 4 rings (SSSR count). The van der Waals surface area contributed by atoms with Crippen molar-refractivity contribution in [1.29, 1.82) is 0 Å². The number of amides is 2. The van der Waals surface area contributed by atoms with Crippen LogP contribution < -0.4 is 10.6 Å². The summed E-state index contributed by atoms with van der Waals surface area (Å²) in [5.41, 5.74) is 5.32. The standard InChI is InChI=1S/C26H25N5O/c1-27-26(32)31-16-19-9-11-20(12-10-19)25(23-8-2-3-15-30-23)24(21-6-4-13-28-17-21)22-7-5-14-29-18-22/h2-15,17-18,24-25H,16H2,1H3,(H2,27,31,32). The van der Waals surface area contributed by atoms with Gasteiger partial charge in [0, 0.05) is 62.1 Å². The molecule has 0 aliphatic heterocycles. The molecule has 0 saturated carbocycles. The first-order valence-electron chi connectivity index (χ1n) is 10.5. The Kier molecular flexibility index (Phi) is 6.82. The van der Waals surface area contributed by atoms with Crippen molar-refractivity contribution in [2.24, 2.45) is 0 Å². The molecule has 1 aromatic carbocycles. The predicted octanol–water partition coefficient (Wildman–Crippen LogP) is 4.26. The summed E-state index contributed by atoms with van der Waals surface area (Å²) in [6, 6.07) is 22.2. The molecule has 4 aromatic rings. The van der Waals surface area contributed by atoms with E-state index in [4.69, 9.17) is 4.98 Å². The maximum absolute atomic E-state index is 11.5. The number of nitrogens with zero attached hydrogens (tertiary/aromatic N) is 3. The number of carbonyl (C=O) groups excluding carboxylic acids is 1. The third-order valence-corrected chi connectivity index (χ3v) is 5.45. The molecule has 32 heavy (non-hydrogen) atoms. The fourth-order valence-corrected chi connectivity index (χ4v) is 3.90. The van der Waals surface area contributed by atoms with Crippen molar-refractivity contribution in [3.63, 3.8) is 0 Å². The van der Waals surface area contributed by atoms with Gasteiger partial charge in [0.1, 0.15) is 0 Å². The zero-order valence-corrected chi connectivity index (χ0v) is 17.8. The predicted molar refractivity (Wildman–Crippen MR) is 124 cm³/mol. The highest BCUT2D eigenvalue weighted by Crippen LogP contribution is 2.41. The number of aromatic nitrogens is 3. The van der Waals surface area contributed by atoms with E-state index >= 15 is 0 Å². The lowest BCUT2D eigenvalue weighted by Gasteiger charge is -2.28. The molecule has 3 aromatic heterocycles. The van der Waals surface area contributed by atoms with Crippen molar-refractivity contribution in [2.45, 2.75) is 18.4 Å². The van der Waals surface area contributed by atoms with E-state index in [1.165, 1.54) is 0 Å². The van der Waals surface area contributed by atoms with Gasteiger partial charge in [-0.15, -0.1) is 0 Å². The molecule has 0 aliphatic carbocycles. The Hall–Kier alpha value is -4.06. The molecule has 0 bridgehead atoms. The van der Waals surface area contributed by atoms with Crippen LogP contribution in [-0.2, 0) is 6.54 Å². The molecule has 2 amide bonds. The van der Waals surface area contributed by atoms with Gasteiger partial charge in [-0.2, -0.15) is 0 Å². The minimum Gasteiger partial charge on any atom is -0.341 e. The summed E-state index contributed by atoms with van der Waals surface area (Å²) in [5.74, 6) is -0.0484. The van der Waals surface area contributed by atoms with Crippen LogP contribution in [-0.4, -0.2) is 28.0 Å². The zero-order chi connectivity index (χ0) is 22.2. The quantitative estimate of drug-likeness (QED) is 0.465. The number of carbonyl (C=O) groups is 1. The maximum atomic E-state index is 11.5. The monoisotopic (exact) mass is 423 g/mol. The molecule has 0 saturated heterocycles. The molecular formula is C26H25N5O. The third kappa shape index (κ3) is 4.98. The van der Waals surface area contributed by atoms with Crippen LogP contribution in [0, 0.1) is 0 Å². The van der Waals surface area contributed by atoms with Crippen LogP contribution in [0.25, 0.3) is 0 Å². The molecule has 1 unspecified atom stereocenters. The second-order valence-electron chi connectivity index (χ2n) is 7.46. The van der Waals surface area contributed by atoms with Crippen LogP contribution in [0.5, 0.6) is 0 Å². The minimum atomic E-state index is -0.200. The average Bonchev–Trinajstić information content (AvgIpc) is 2.87. The van der Waals surface area contributed by atoms with E-state index in [0.717, 1.165) is 27.9 Å². The summed E-state index contributed by atoms with van der Waals surface area (Å²) in [6.07, 6.45) is 9.22. The van der Waals surface area contributed by atoms with Crippen LogP contribution in [0.15, 0.2) is 97.7 Å². The van der Waals surface area contributed by atoms with E-state index in [1.54, 1.807) is 19.4 Å². The zero-order valence-electron chi connectivity index (χ0n) is 17.8. The van der Waals surface area contributed by atoms with E-state index in [1.807, 2.05) is 55.0 Å². The number of hydrogen-bond donors (Lipinski definition) is 2. The molecule has 0 spiro atoms. The van der Waals surface area contributed by atoms with Gasteiger partial charge < -0.3 is 10.6 Å². The summed E-state index contributed by atoms with van der Waals surface area (Å²) in [5, 5.41) is 5.39. The van der Waals surface area contributed by atoms with Gasteiger partial charge in [0.25, 0.3) is 0 Å². The lowest BCUT2D eigenvalue weighted by Crippen LogP contribution is -2.32. The molecule has 160 valence electrons. The minimum absolute atomic E-state index is 0.0119. The topological polar surface area (TPSA) is 79.8 Å². The summed E-state index contributed by atoms with van der Waals surface area (Å²) >= 11 is 0. The van der Waals surface area contributed by atoms with Gasteiger partial charge in [-0.3, -0.25) is 15.0 Å². The molecule has 0 radical (unpaired) electrons. The van der Waals surface area contributed by atoms with Crippen molar-refractivity contribution >= 4 is 6.03 Å². The van der Waals surface area contributed by atoms with Crippen molar-refractivity contribution in [3.8, 4) is 0 Å². The van der Waals surface area contributed by atoms with Crippen LogP contribution in [0.1, 0.15) is 39.8 Å². The lowest BCUT2D eigenvalue weighted by atomic mass is 9.76. The van der Waals surface area contributed by atoms with Crippen LogP contribution in [0.2, 0.25) is 0 Å². The highest BCUT2D eigenvalue weighted by atomic mass is 16.2. The smallest absolute Gasteiger partial charge is 0.314 e. The molecule has 3 heterocycles. The number of pyridine rings is 3. The lowest BCUT2D eigenvalue weighted by molar-refractivity contribution is 0.242. The second kappa shape index (κ2) is 10.3. The van der Waals surface area contributed by atoms with Gasteiger partial charge in [-0.1, -0.05) is 42.5 Å². The van der Waals surface area contributed by atoms with E-state index in [-0.39, 0.29) is 17.9 Å². The summed E-state index contributed by atoms with van der Waals surface area (Å²) in [6.45, 7) is 0.461. The van der Waals surface area contributed by atoms with E-state index < -0.39 is 0 Å². The molecule has 1 atom stereocenters. The average molecular weight is 424 g/mol. The van der Waals surface area contributed by atoms with Gasteiger partial charge in [0.05, 0.1) is 0 Å². The number of rotatable bonds is 7. The highest BCUT2D eigenvalue weighted by Gasteiger charge is 2.29. The van der Waals surface area contributed by atoms with Crippen LogP contribution >= 0.6 is 0 Å². The fourth-order valence-electron chi connectivity index (χ4n) is 3.90. The van der Waals surface area contributed by atoms with Gasteiger partial charge in [0.15, 0.2) is 0 Å². The highest BCUT2D eigenvalue weighted by molar-refractivity contribution is 5.73. The van der Waals surface area contributed by atoms with Crippen molar-refractivity contribution in [2.75, 3.05) is 7.05 Å². The van der Waals surface area contributed by atoms with Gasteiger partial charge in [-0.05, 0) is 46.5 Å². The molecular weight excluding hydrogens is 398 g/mol. The second-order valence-corrected chi connectivity index (χ2v) is 7.46. The Labute approximate surface area is 187 Å².